The van der Waals surface area contributed by atoms with Crippen molar-refractivity contribution in [1.82, 2.24) is 4.90 Å². The van der Waals surface area contributed by atoms with Gasteiger partial charge in [-0.1, -0.05) is 19.1 Å². The van der Waals surface area contributed by atoms with E-state index in [1.54, 1.807) is 7.11 Å². The van der Waals surface area contributed by atoms with E-state index < -0.39 is 6.04 Å². The summed E-state index contributed by atoms with van der Waals surface area (Å²) >= 11 is 0. The first-order valence-corrected chi connectivity index (χ1v) is 5.63. The molecule has 0 spiro atoms. The van der Waals surface area contributed by atoms with Crippen LogP contribution in [0.5, 0.6) is 5.75 Å². The molecule has 4 nitrogen and oxygen atoms in total. The second-order valence-electron chi connectivity index (χ2n) is 4.19. The summed E-state index contributed by atoms with van der Waals surface area (Å²) in [6.45, 7) is 2.05. The summed E-state index contributed by atoms with van der Waals surface area (Å²) in [4.78, 5) is 13.3. The number of hydrogen-bond acceptors (Lipinski definition) is 3. The molecular weight excluding hydrogens is 216 g/mol. The molecular formula is C13H20N2O2. The number of nitrogens with zero attached hydrogens (tertiary/aromatic N) is 1. The molecule has 0 heterocycles. The third kappa shape index (κ3) is 2.97. The normalized spacial score (nSPS) is 12.5. The summed E-state index contributed by atoms with van der Waals surface area (Å²) in [7, 11) is 5.32. The molecule has 1 aromatic rings. The summed E-state index contributed by atoms with van der Waals surface area (Å²) in [5.41, 5.74) is 7.40. The van der Waals surface area contributed by atoms with Gasteiger partial charge in [-0.2, -0.15) is 0 Å². The third-order valence-corrected chi connectivity index (χ3v) is 2.79. The van der Waals surface area contributed by atoms with Crippen LogP contribution >= 0.6 is 0 Å². The maximum atomic E-state index is 11.4. The molecule has 0 aliphatic carbocycles. The minimum Gasteiger partial charge on any atom is -0.496 e. The topological polar surface area (TPSA) is 55.6 Å². The number of ether oxygens (including phenoxy) is 1. The van der Waals surface area contributed by atoms with Gasteiger partial charge >= 0.3 is 0 Å². The Kier molecular flexibility index (Phi) is 4.52. The monoisotopic (exact) mass is 236 g/mol. The van der Waals surface area contributed by atoms with Crippen LogP contribution in [0.1, 0.15) is 24.1 Å². The molecule has 0 bridgehead atoms. The molecule has 4 heteroatoms. The Morgan fingerprint density at radius 1 is 1.47 bits per heavy atom. The SMILES string of the molecule is CCc1cc(C(C(N)=O)N(C)C)ccc1OC. The standard InChI is InChI=1S/C13H20N2O2/c1-5-9-8-10(6-7-11(9)17-4)12(13(14)16)15(2)3/h6-8,12H,5H2,1-4H3,(H2,14,16). The zero-order valence-corrected chi connectivity index (χ0v) is 10.9. The fraction of sp³-hybridized carbons (Fsp3) is 0.462. The average molecular weight is 236 g/mol. The van der Waals surface area contributed by atoms with E-state index in [1.165, 1.54) is 0 Å². The van der Waals surface area contributed by atoms with Crippen molar-refractivity contribution in [2.24, 2.45) is 5.73 Å². The van der Waals surface area contributed by atoms with E-state index in [0.717, 1.165) is 23.3 Å². The van der Waals surface area contributed by atoms with Gasteiger partial charge in [-0.3, -0.25) is 9.69 Å². The van der Waals surface area contributed by atoms with E-state index in [1.807, 2.05) is 37.2 Å². The smallest absolute Gasteiger partial charge is 0.239 e. The van der Waals surface area contributed by atoms with Crippen molar-refractivity contribution in [3.05, 3.63) is 29.3 Å². The van der Waals surface area contributed by atoms with Gasteiger partial charge in [0.1, 0.15) is 11.8 Å². The fourth-order valence-electron chi connectivity index (χ4n) is 1.96. The molecule has 1 aromatic carbocycles. The first-order chi connectivity index (χ1) is 8.01. The fourth-order valence-corrected chi connectivity index (χ4v) is 1.96. The second-order valence-corrected chi connectivity index (χ2v) is 4.19. The Bertz CT molecular complexity index is 402. The van der Waals surface area contributed by atoms with Crippen LogP contribution in [-0.4, -0.2) is 32.0 Å². The number of amides is 1. The molecule has 2 N–H and O–H groups in total. The summed E-state index contributed by atoms with van der Waals surface area (Å²) in [5, 5.41) is 0. The zero-order chi connectivity index (χ0) is 13.0. The predicted molar refractivity (Wildman–Crippen MR) is 68.0 cm³/mol. The number of methoxy groups -OCH3 is 1. The van der Waals surface area contributed by atoms with E-state index in [9.17, 15) is 4.79 Å². The average Bonchev–Trinajstić information content (AvgIpc) is 2.27. The van der Waals surface area contributed by atoms with Crippen LogP contribution in [0.25, 0.3) is 0 Å². The quantitative estimate of drug-likeness (QED) is 0.839. The lowest BCUT2D eigenvalue weighted by atomic mass is 10.0. The zero-order valence-electron chi connectivity index (χ0n) is 10.9. The molecule has 0 saturated carbocycles. The molecule has 0 fully saturated rings. The Balaban J connectivity index is 3.17. The summed E-state index contributed by atoms with van der Waals surface area (Å²) in [6.07, 6.45) is 0.857. The Morgan fingerprint density at radius 2 is 2.12 bits per heavy atom. The van der Waals surface area contributed by atoms with Gasteiger partial charge in [0.2, 0.25) is 5.91 Å². The third-order valence-electron chi connectivity index (χ3n) is 2.79. The molecule has 0 aliphatic heterocycles. The highest BCUT2D eigenvalue weighted by Crippen LogP contribution is 2.25. The van der Waals surface area contributed by atoms with Crippen molar-refractivity contribution in [3.63, 3.8) is 0 Å². The van der Waals surface area contributed by atoms with Gasteiger partial charge < -0.3 is 10.5 Å². The first kappa shape index (κ1) is 13.5. The molecule has 1 rings (SSSR count). The van der Waals surface area contributed by atoms with Crippen LogP contribution in [0.3, 0.4) is 0 Å². The lowest BCUT2D eigenvalue weighted by Gasteiger charge is -2.22. The number of carbonyl (C=O) groups is 1. The predicted octanol–water partition coefficient (Wildman–Crippen LogP) is 1.35. The van der Waals surface area contributed by atoms with Crippen molar-refractivity contribution in [3.8, 4) is 5.75 Å². The van der Waals surface area contributed by atoms with E-state index in [-0.39, 0.29) is 5.91 Å². The van der Waals surface area contributed by atoms with Crippen LogP contribution < -0.4 is 10.5 Å². The summed E-state index contributed by atoms with van der Waals surface area (Å²) in [6, 6.07) is 5.35. The van der Waals surface area contributed by atoms with Crippen LogP contribution in [0.15, 0.2) is 18.2 Å². The molecule has 17 heavy (non-hydrogen) atoms. The summed E-state index contributed by atoms with van der Waals surface area (Å²) in [5.74, 6) is 0.500. The molecule has 0 aliphatic rings. The summed E-state index contributed by atoms with van der Waals surface area (Å²) < 4.78 is 5.26. The number of carbonyl (C=O) groups excluding carboxylic acids is 1. The molecule has 94 valence electrons. The Hall–Kier alpha value is -1.55. The maximum Gasteiger partial charge on any atom is 0.239 e. The number of benzene rings is 1. The number of rotatable bonds is 5. The number of hydrogen-bond donors (Lipinski definition) is 1. The number of likely N-dealkylation sites (N-methyl/N-ethyl adjacent to an activating group) is 1. The van der Waals surface area contributed by atoms with Crippen molar-refractivity contribution >= 4 is 5.91 Å². The van der Waals surface area contributed by atoms with E-state index >= 15 is 0 Å². The molecule has 1 atom stereocenters. The Labute approximate surface area is 102 Å². The van der Waals surface area contributed by atoms with Crippen molar-refractivity contribution in [1.29, 1.82) is 0 Å². The van der Waals surface area contributed by atoms with Crippen molar-refractivity contribution < 1.29 is 9.53 Å². The van der Waals surface area contributed by atoms with Crippen molar-refractivity contribution in [2.45, 2.75) is 19.4 Å². The van der Waals surface area contributed by atoms with Gasteiger partial charge in [0, 0.05) is 0 Å². The molecule has 1 unspecified atom stereocenters. The van der Waals surface area contributed by atoms with Crippen LogP contribution in [0.4, 0.5) is 0 Å². The van der Waals surface area contributed by atoms with Gasteiger partial charge in [-0.15, -0.1) is 0 Å². The lowest BCUT2D eigenvalue weighted by Crippen LogP contribution is -2.32. The second kappa shape index (κ2) is 5.68. The van der Waals surface area contributed by atoms with Gasteiger partial charge in [0.25, 0.3) is 0 Å². The van der Waals surface area contributed by atoms with Gasteiger partial charge in [0.05, 0.1) is 7.11 Å². The van der Waals surface area contributed by atoms with Crippen LogP contribution in [0, 0.1) is 0 Å². The van der Waals surface area contributed by atoms with E-state index in [2.05, 4.69) is 6.92 Å². The molecule has 0 saturated heterocycles. The van der Waals surface area contributed by atoms with Gasteiger partial charge in [-0.25, -0.2) is 0 Å². The highest BCUT2D eigenvalue weighted by atomic mass is 16.5. The van der Waals surface area contributed by atoms with Gasteiger partial charge in [-0.05, 0) is 37.7 Å². The minimum atomic E-state index is -0.397. The highest BCUT2D eigenvalue weighted by Gasteiger charge is 2.20. The largest absolute Gasteiger partial charge is 0.496 e. The number of primary amides is 1. The van der Waals surface area contributed by atoms with Crippen LogP contribution in [-0.2, 0) is 11.2 Å². The molecule has 0 aromatic heterocycles. The molecule has 0 radical (unpaired) electrons. The van der Waals surface area contributed by atoms with E-state index in [0.29, 0.717) is 0 Å². The van der Waals surface area contributed by atoms with Crippen LogP contribution in [0.2, 0.25) is 0 Å². The van der Waals surface area contributed by atoms with E-state index in [4.69, 9.17) is 10.5 Å². The lowest BCUT2D eigenvalue weighted by molar-refractivity contribution is -0.122. The number of nitrogens with two attached hydrogens (primary N) is 1. The Morgan fingerprint density at radius 3 is 2.53 bits per heavy atom. The maximum absolute atomic E-state index is 11.4. The number of aryl methyl sites for hydroxylation is 1. The van der Waals surface area contributed by atoms with Gasteiger partial charge in [0.15, 0.2) is 0 Å². The first-order valence-electron chi connectivity index (χ1n) is 5.63. The molecule has 1 amide bonds. The van der Waals surface area contributed by atoms with Crippen molar-refractivity contribution in [2.75, 3.05) is 21.2 Å². The minimum absolute atomic E-state index is 0.345. The highest BCUT2D eigenvalue weighted by molar-refractivity contribution is 5.81.